The smallest absolute Gasteiger partial charge is 0.406 e. The van der Waals surface area contributed by atoms with E-state index in [0.717, 1.165) is 22.2 Å². The summed E-state index contributed by atoms with van der Waals surface area (Å²) in [5.74, 6) is -1.07. The molecule has 1 aromatic heterocycles. The van der Waals surface area contributed by atoms with Gasteiger partial charge in [-0.2, -0.15) is 0 Å². The molecule has 0 saturated heterocycles. The first kappa shape index (κ1) is 20.7. The minimum atomic E-state index is -4.80. The van der Waals surface area contributed by atoms with Crippen LogP contribution in [0.1, 0.15) is 15.9 Å². The third kappa shape index (κ3) is 5.71. The second kappa shape index (κ2) is 8.52. The summed E-state index contributed by atoms with van der Waals surface area (Å²) >= 11 is 3.37. The van der Waals surface area contributed by atoms with Crippen LogP contribution in [0.25, 0.3) is 0 Å². The molecule has 0 saturated carbocycles. The lowest BCUT2D eigenvalue weighted by molar-refractivity contribution is -0.274. The van der Waals surface area contributed by atoms with Gasteiger partial charge in [-0.05, 0) is 54.1 Å². The summed E-state index contributed by atoms with van der Waals surface area (Å²) in [4.78, 5) is 25.1. The van der Waals surface area contributed by atoms with E-state index in [2.05, 4.69) is 26.0 Å². The second-order valence-corrected chi connectivity index (χ2v) is 6.93. The van der Waals surface area contributed by atoms with Crippen LogP contribution in [-0.2, 0) is 6.54 Å². The SMILES string of the molecule is O=C(Nc1ccc(OC(F)(F)F)cc1)c1cccn(Cc2cccc(Br)c2)c1=O. The molecule has 1 N–H and O–H groups in total. The van der Waals surface area contributed by atoms with Crippen LogP contribution in [-0.4, -0.2) is 16.8 Å². The molecule has 0 fully saturated rings. The largest absolute Gasteiger partial charge is 0.573 e. The molecule has 0 atom stereocenters. The summed E-state index contributed by atoms with van der Waals surface area (Å²) in [5.41, 5.74) is 0.533. The molecule has 29 heavy (non-hydrogen) atoms. The molecule has 0 aliphatic rings. The Hall–Kier alpha value is -3.07. The highest BCUT2D eigenvalue weighted by molar-refractivity contribution is 9.10. The standard InChI is InChI=1S/C20H14BrF3N2O3/c21-14-4-1-3-13(11-14)12-26-10-2-5-17(19(26)28)18(27)25-15-6-8-16(9-7-15)29-20(22,23)24/h1-11H,12H2,(H,25,27). The Bertz CT molecular complexity index is 1080. The minimum Gasteiger partial charge on any atom is -0.406 e. The van der Waals surface area contributed by atoms with Gasteiger partial charge in [0.1, 0.15) is 11.3 Å². The van der Waals surface area contributed by atoms with Crippen LogP contribution in [0.5, 0.6) is 5.75 Å². The summed E-state index contributed by atoms with van der Waals surface area (Å²) in [5, 5.41) is 2.49. The first-order valence-electron chi connectivity index (χ1n) is 8.32. The van der Waals surface area contributed by atoms with Gasteiger partial charge in [0.05, 0.1) is 6.54 Å². The molecule has 2 aromatic carbocycles. The first-order chi connectivity index (χ1) is 13.7. The predicted octanol–water partition coefficient (Wildman–Crippen LogP) is 4.81. The molecule has 1 heterocycles. The summed E-state index contributed by atoms with van der Waals surface area (Å²) in [6.07, 6.45) is -3.22. The molecule has 3 aromatic rings. The fourth-order valence-electron chi connectivity index (χ4n) is 2.60. The number of nitrogens with zero attached hydrogens (tertiary/aromatic N) is 1. The monoisotopic (exact) mass is 466 g/mol. The highest BCUT2D eigenvalue weighted by Crippen LogP contribution is 2.24. The van der Waals surface area contributed by atoms with Crippen LogP contribution in [0.4, 0.5) is 18.9 Å². The van der Waals surface area contributed by atoms with Crippen LogP contribution < -0.4 is 15.6 Å². The quantitative estimate of drug-likeness (QED) is 0.586. The number of rotatable bonds is 5. The number of amides is 1. The molecule has 0 spiro atoms. The molecule has 1 amide bonds. The van der Waals surface area contributed by atoms with E-state index in [0.29, 0.717) is 0 Å². The molecular weight excluding hydrogens is 453 g/mol. The maximum Gasteiger partial charge on any atom is 0.573 e. The van der Waals surface area contributed by atoms with Gasteiger partial charge >= 0.3 is 6.36 Å². The Morgan fingerprint density at radius 3 is 2.45 bits per heavy atom. The Kier molecular flexibility index (Phi) is 6.07. The Morgan fingerprint density at radius 1 is 1.07 bits per heavy atom. The van der Waals surface area contributed by atoms with Crippen molar-refractivity contribution in [3.8, 4) is 5.75 Å². The van der Waals surface area contributed by atoms with E-state index in [1.807, 2.05) is 24.3 Å². The number of nitrogens with one attached hydrogen (secondary N) is 1. The van der Waals surface area contributed by atoms with Gasteiger partial charge in [0.25, 0.3) is 11.5 Å². The molecule has 150 valence electrons. The maximum atomic E-state index is 12.6. The zero-order valence-electron chi connectivity index (χ0n) is 14.7. The molecule has 0 aliphatic carbocycles. The summed E-state index contributed by atoms with van der Waals surface area (Å²) in [6, 6.07) is 15.0. The van der Waals surface area contributed by atoms with Crippen LogP contribution in [0.15, 0.2) is 76.1 Å². The number of benzene rings is 2. The number of aromatic nitrogens is 1. The van der Waals surface area contributed by atoms with Crippen molar-refractivity contribution in [1.29, 1.82) is 0 Å². The lowest BCUT2D eigenvalue weighted by atomic mass is 10.2. The number of hydrogen-bond acceptors (Lipinski definition) is 3. The maximum absolute atomic E-state index is 12.6. The van der Waals surface area contributed by atoms with E-state index in [1.165, 1.54) is 22.8 Å². The van der Waals surface area contributed by atoms with Gasteiger partial charge in [-0.1, -0.05) is 28.1 Å². The summed E-state index contributed by atoms with van der Waals surface area (Å²) < 4.78 is 42.7. The normalized spacial score (nSPS) is 11.2. The number of anilines is 1. The Labute approximate surface area is 171 Å². The molecule has 3 rings (SSSR count). The van der Waals surface area contributed by atoms with Crippen molar-refractivity contribution in [2.45, 2.75) is 12.9 Å². The highest BCUT2D eigenvalue weighted by Gasteiger charge is 2.31. The number of alkyl halides is 3. The van der Waals surface area contributed by atoms with Crippen molar-refractivity contribution in [1.82, 2.24) is 4.57 Å². The molecule has 0 unspecified atom stereocenters. The average Bonchev–Trinajstić information content (AvgIpc) is 2.64. The van der Waals surface area contributed by atoms with Gasteiger partial charge in [0, 0.05) is 16.4 Å². The number of halogens is 4. The number of carbonyl (C=O) groups is 1. The molecular formula is C20H14BrF3N2O3. The molecule has 5 nitrogen and oxygen atoms in total. The van der Waals surface area contributed by atoms with Crippen molar-refractivity contribution >= 4 is 27.5 Å². The van der Waals surface area contributed by atoms with Crippen LogP contribution in [0, 0.1) is 0 Å². The zero-order valence-corrected chi connectivity index (χ0v) is 16.3. The van der Waals surface area contributed by atoms with Crippen molar-refractivity contribution in [3.05, 3.63) is 92.8 Å². The lowest BCUT2D eigenvalue weighted by Gasteiger charge is -2.11. The van der Waals surface area contributed by atoms with E-state index in [4.69, 9.17) is 0 Å². The zero-order chi connectivity index (χ0) is 21.0. The van der Waals surface area contributed by atoms with Gasteiger partial charge in [0.15, 0.2) is 0 Å². The van der Waals surface area contributed by atoms with E-state index in [1.54, 1.807) is 12.3 Å². The predicted molar refractivity (Wildman–Crippen MR) is 105 cm³/mol. The van der Waals surface area contributed by atoms with Crippen LogP contribution in [0.2, 0.25) is 0 Å². The number of hydrogen-bond donors (Lipinski definition) is 1. The second-order valence-electron chi connectivity index (χ2n) is 6.01. The minimum absolute atomic E-state index is 0.0851. The number of carbonyl (C=O) groups excluding carboxylic acids is 1. The van der Waals surface area contributed by atoms with Crippen molar-refractivity contribution in [3.63, 3.8) is 0 Å². The van der Waals surface area contributed by atoms with E-state index in [9.17, 15) is 22.8 Å². The average molecular weight is 467 g/mol. The van der Waals surface area contributed by atoms with Gasteiger partial charge in [-0.15, -0.1) is 13.2 Å². The van der Waals surface area contributed by atoms with Gasteiger partial charge in [-0.3, -0.25) is 9.59 Å². The van der Waals surface area contributed by atoms with Gasteiger partial charge in [0.2, 0.25) is 0 Å². The first-order valence-corrected chi connectivity index (χ1v) is 9.12. The Morgan fingerprint density at radius 2 is 1.79 bits per heavy atom. The molecule has 0 bridgehead atoms. The third-order valence-electron chi connectivity index (χ3n) is 3.85. The van der Waals surface area contributed by atoms with Crippen LogP contribution >= 0.6 is 15.9 Å². The molecule has 0 radical (unpaired) electrons. The summed E-state index contributed by atoms with van der Waals surface area (Å²) in [6.45, 7) is 0.281. The lowest BCUT2D eigenvalue weighted by Crippen LogP contribution is -2.29. The highest BCUT2D eigenvalue weighted by atomic mass is 79.9. The topological polar surface area (TPSA) is 60.3 Å². The van der Waals surface area contributed by atoms with Gasteiger partial charge in [-0.25, -0.2) is 0 Å². The number of ether oxygens (including phenoxy) is 1. The number of pyridine rings is 1. The van der Waals surface area contributed by atoms with Crippen molar-refractivity contribution < 1.29 is 22.7 Å². The Balaban J connectivity index is 1.75. The fraction of sp³-hybridized carbons (Fsp3) is 0.100. The molecule has 9 heteroatoms. The molecule has 0 aliphatic heterocycles. The third-order valence-corrected chi connectivity index (χ3v) is 4.35. The summed E-state index contributed by atoms with van der Waals surface area (Å²) in [7, 11) is 0. The van der Waals surface area contributed by atoms with Crippen molar-refractivity contribution in [2.24, 2.45) is 0 Å². The van der Waals surface area contributed by atoms with Crippen molar-refractivity contribution in [2.75, 3.05) is 5.32 Å². The fourth-order valence-corrected chi connectivity index (χ4v) is 3.05. The van der Waals surface area contributed by atoms with Gasteiger partial charge < -0.3 is 14.6 Å². The van der Waals surface area contributed by atoms with Crippen LogP contribution in [0.3, 0.4) is 0 Å². The van der Waals surface area contributed by atoms with E-state index in [-0.39, 0.29) is 17.8 Å². The van der Waals surface area contributed by atoms with E-state index < -0.39 is 23.6 Å². The van der Waals surface area contributed by atoms with E-state index >= 15 is 0 Å².